The summed E-state index contributed by atoms with van der Waals surface area (Å²) in [7, 11) is 4.63. The van der Waals surface area contributed by atoms with Gasteiger partial charge in [0.2, 0.25) is 11.7 Å². The van der Waals surface area contributed by atoms with Crippen LogP contribution in [0.5, 0.6) is 17.2 Å². The molecule has 12 heteroatoms. The first-order valence-electron chi connectivity index (χ1n) is 12.0. The summed E-state index contributed by atoms with van der Waals surface area (Å²) >= 11 is 2.68. The van der Waals surface area contributed by atoms with E-state index in [4.69, 9.17) is 19.9 Å². The third kappa shape index (κ3) is 5.51. The Balaban J connectivity index is 1.55. The molecule has 2 heterocycles. The van der Waals surface area contributed by atoms with Crippen LogP contribution in [0.25, 0.3) is 11.4 Å². The zero-order valence-corrected chi connectivity index (χ0v) is 23.5. The third-order valence-corrected chi connectivity index (χ3v) is 8.43. The highest BCUT2D eigenvalue weighted by atomic mass is 32.2. The molecule has 0 saturated carbocycles. The molecule has 2 amide bonds. The van der Waals surface area contributed by atoms with E-state index in [1.807, 2.05) is 4.57 Å². The number of ether oxygens (including phenoxy) is 3. The normalized spacial score (nSPS) is 14.5. The number of hydrogen-bond acceptors (Lipinski definition) is 9. The van der Waals surface area contributed by atoms with E-state index < -0.39 is 5.91 Å². The SMILES string of the molecule is C=CCn1c(SCC(=O)Nc2sc3c(c2C(N)=O)CCC(C)C3)nnc1-c1cc(OC)c(OC)c(OC)c1. The Morgan fingerprint density at radius 1 is 1.24 bits per heavy atom. The van der Waals surface area contributed by atoms with Gasteiger partial charge in [-0.2, -0.15) is 0 Å². The van der Waals surface area contributed by atoms with Crippen molar-refractivity contribution < 1.29 is 23.8 Å². The number of allylic oxidation sites excluding steroid dienone is 1. The van der Waals surface area contributed by atoms with Crippen LogP contribution in [0, 0.1) is 5.92 Å². The highest BCUT2D eigenvalue weighted by molar-refractivity contribution is 7.99. The number of anilines is 1. The average molecular weight is 558 g/mol. The van der Waals surface area contributed by atoms with E-state index in [-0.39, 0.29) is 11.7 Å². The summed E-state index contributed by atoms with van der Waals surface area (Å²) in [5.41, 5.74) is 7.80. The monoisotopic (exact) mass is 557 g/mol. The predicted octanol–water partition coefficient (Wildman–Crippen LogP) is 4.17. The van der Waals surface area contributed by atoms with Gasteiger partial charge in [0.05, 0.1) is 32.6 Å². The molecule has 2 aromatic heterocycles. The number of hydrogen-bond donors (Lipinski definition) is 2. The van der Waals surface area contributed by atoms with Crippen LogP contribution in [0.2, 0.25) is 0 Å². The summed E-state index contributed by atoms with van der Waals surface area (Å²) in [6.07, 6.45) is 4.41. The second kappa shape index (κ2) is 11.9. The van der Waals surface area contributed by atoms with Crippen molar-refractivity contribution in [2.75, 3.05) is 32.4 Å². The molecule has 0 fully saturated rings. The molecule has 4 rings (SSSR count). The zero-order valence-electron chi connectivity index (χ0n) is 21.8. The summed E-state index contributed by atoms with van der Waals surface area (Å²) < 4.78 is 18.2. The van der Waals surface area contributed by atoms with Crippen LogP contribution in [-0.2, 0) is 24.2 Å². The van der Waals surface area contributed by atoms with Crippen molar-refractivity contribution >= 4 is 39.9 Å². The number of primary amides is 1. The molecule has 0 radical (unpaired) electrons. The number of aromatic nitrogens is 3. The average Bonchev–Trinajstić information content (AvgIpc) is 3.46. The number of thiophene rings is 1. The molecule has 0 spiro atoms. The van der Waals surface area contributed by atoms with Gasteiger partial charge in [-0.25, -0.2) is 0 Å². The van der Waals surface area contributed by atoms with E-state index in [0.29, 0.717) is 56.8 Å². The van der Waals surface area contributed by atoms with Gasteiger partial charge in [-0.3, -0.25) is 14.2 Å². The number of amides is 2. The molecule has 1 atom stereocenters. The molecule has 1 unspecified atom stereocenters. The van der Waals surface area contributed by atoms with Crippen molar-refractivity contribution in [1.29, 1.82) is 0 Å². The fraction of sp³-hybridized carbons (Fsp3) is 0.385. The summed E-state index contributed by atoms with van der Waals surface area (Å²) in [5, 5.41) is 12.6. The lowest BCUT2D eigenvalue weighted by molar-refractivity contribution is -0.113. The van der Waals surface area contributed by atoms with Crippen molar-refractivity contribution in [2.24, 2.45) is 11.7 Å². The number of carbonyl (C=O) groups is 2. The molecule has 0 aliphatic heterocycles. The molecule has 3 aromatic rings. The quantitative estimate of drug-likeness (QED) is 0.265. The van der Waals surface area contributed by atoms with Crippen molar-refractivity contribution in [3.8, 4) is 28.6 Å². The number of nitrogens with zero attached hydrogens (tertiary/aromatic N) is 3. The Morgan fingerprint density at radius 2 is 1.95 bits per heavy atom. The molecule has 1 aromatic carbocycles. The summed E-state index contributed by atoms with van der Waals surface area (Å²) in [4.78, 5) is 26.2. The number of rotatable bonds is 11. The minimum absolute atomic E-state index is 0.0711. The third-order valence-electron chi connectivity index (χ3n) is 6.29. The molecule has 10 nitrogen and oxygen atoms in total. The van der Waals surface area contributed by atoms with E-state index in [0.717, 1.165) is 29.7 Å². The molecular weight excluding hydrogens is 526 g/mol. The van der Waals surface area contributed by atoms with Gasteiger partial charge in [0.15, 0.2) is 22.5 Å². The molecule has 0 saturated heterocycles. The van der Waals surface area contributed by atoms with E-state index in [1.54, 1.807) is 39.5 Å². The largest absolute Gasteiger partial charge is 0.493 e. The van der Waals surface area contributed by atoms with Crippen LogP contribution in [0.4, 0.5) is 5.00 Å². The smallest absolute Gasteiger partial charge is 0.251 e. The van der Waals surface area contributed by atoms with Crippen LogP contribution in [0.1, 0.15) is 34.1 Å². The Bertz CT molecular complexity index is 1340. The Hall–Kier alpha value is -3.51. The van der Waals surface area contributed by atoms with Crippen molar-refractivity contribution in [2.45, 2.75) is 37.9 Å². The maximum absolute atomic E-state index is 12.9. The fourth-order valence-corrected chi connectivity index (χ4v) is 6.69. The van der Waals surface area contributed by atoms with Crippen LogP contribution >= 0.6 is 23.1 Å². The van der Waals surface area contributed by atoms with Gasteiger partial charge in [-0.1, -0.05) is 24.8 Å². The van der Waals surface area contributed by atoms with Crippen molar-refractivity contribution in [1.82, 2.24) is 14.8 Å². The molecule has 1 aliphatic carbocycles. The highest BCUT2D eigenvalue weighted by Gasteiger charge is 2.27. The lowest BCUT2D eigenvalue weighted by Gasteiger charge is -2.18. The highest BCUT2D eigenvalue weighted by Crippen LogP contribution is 2.42. The second-order valence-corrected chi connectivity index (χ2v) is 10.9. The number of benzene rings is 1. The molecule has 1 aliphatic rings. The second-order valence-electron chi connectivity index (χ2n) is 8.88. The first-order chi connectivity index (χ1) is 18.3. The van der Waals surface area contributed by atoms with Gasteiger partial charge >= 0.3 is 0 Å². The number of thioether (sulfide) groups is 1. The molecule has 0 bridgehead atoms. The van der Waals surface area contributed by atoms with E-state index in [1.165, 1.54) is 23.1 Å². The number of nitrogens with two attached hydrogens (primary N) is 1. The molecule has 38 heavy (non-hydrogen) atoms. The lowest BCUT2D eigenvalue weighted by atomic mass is 9.88. The number of fused-ring (bicyclic) bond motifs is 1. The van der Waals surface area contributed by atoms with E-state index >= 15 is 0 Å². The Labute approximate surface area is 229 Å². The molecule has 3 N–H and O–H groups in total. The summed E-state index contributed by atoms with van der Waals surface area (Å²) in [6, 6.07) is 3.58. The first kappa shape index (κ1) is 27.5. The van der Waals surface area contributed by atoms with Crippen LogP contribution in [0.15, 0.2) is 29.9 Å². The topological polar surface area (TPSA) is 131 Å². The zero-order chi connectivity index (χ0) is 27.4. The van der Waals surface area contributed by atoms with Crippen LogP contribution < -0.4 is 25.3 Å². The minimum Gasteiger partial charge on any atom is -0.493 e. The fourth-order valence-electron chi connectivity index (χ4n) is 4.51. The lowest BCUT2D eigenvalue weighted by Crippen LogP contribution is -2.20. The Morgan fingerprint density at radius 3 is 2.55 bits per heavy atom. The van der Waals surface area contributed by atoms with Gasteiger partial charge in [0.25, 0.3) is 5.91 Å². The van der Waals surface area contributed by atoms with Gasteiger partial charge in [0, 0.05) is 17.0 Å². The number of nitrogens with one attached hydrogen (secondary N) is 1. The van der Waals surface area contributed by atoms with Crippen LogP contribution in [-0.4, -0.2) is 53.7 Å². The molecular formula is C26H31N5O5S2. The first-order valence-corrected chi connectivity index (χ1v) is 13.8. The maximum Gasteiger partial charge on any atom is 0.251 e. The van der Waals surface area contributed by atoms with Gasteiger partial charge in [0.1, 0.15) is 5.00 Å². The Kier molecular flexibility index (Phi) is 8.62. The van der Waals surface area contributed by atoms with Gasteiger partial charge in [-0.15, -0.1) is 28.1 Å². The van der Waals surface area contributed by atoms with E-state index in [9.17, 15) is 9.59 Å². The van der Waals surface area contributed by atoms with Crippen molar-refractivity contribution in [3.63, 3.8) is 0 Å². The van der Waals surface area contributed by atoms with Gasteiger partial charge in [-0.05, 0) is 42.9 Å². The van der Waals surface area contributed by atoms with E-state index in [2.05, 4.69) is 29.0 Å². The van der Waals surface area contributed by atoms with Crippen molar-refractivity contribution in [3.05, 3.63) is 40.8 Å². The maximum atomic E-state index is 12.9. The van der Waals surface area contributed by atoms with Gasteiger partial charge < -0.3 is 25.3 Å². The number of carbonyl (C=O) groups excluding carboxylic acids is 2. The summed E-state index contributed by atoms with van der Waals surface area (Å²) in [6.45, 7) is 6.45. The molecule has 202 valence electrons. The van der Waals surface area contributed by atoms with Crippen LogP contribution in [0.3, 0.4) is 0 Å². The summed E-state index contributed by atoms with van der Waals surface area (Å²) in [5.74, 6) is 1.85. The number of methoxy groups -OCH3 is 3. The predicted molar refractivity (Wildman–Crippen MR) is 149 cm³/mol. The minimum atomic E-state index is -0.513. The standard InChI is InChI=1S/C26H31N5O5S2/c1-6-9-31-24(15-11-17(34-3)22(36-5)18(12-15)35-4)29-30-26(31)37-13-20(32)28-25-21(23(27)33)16-8-7-14(2)10-19(16)38-25/h6,11-12,14H,1,7-10,13H2,2-5H3,(H2,27,33)(H,28,32).